The van der Waals surface area contributed by atoms with Crippen LogP contribution in [0.4, 0.5) is 0 Å². The van der Waals surface area contributed by atoms with Gasteiger partial charge in [-0.25, -0.2) is 0 Å². The summed E-state index contributed by atoms with van der Waals surface area (Å²) in [5.41, 5.74) is 1.18. The molecule has 1 saturated carbocycles. The molecule has 0 bridgehead atoms. The molecule has 1 aromatic carbocycles. The average Bonchev–Trinajstić information content (AvgIpc) is 3.22. The molecule has 1 heterocycles. The fourth-order valence-electron chi connectivity index (χ4n) is 2.46. The highest BCUT2D eigenvalue weighted by molar-refractivity contribution is 6.06. The van der Waals surface area contributed by atoms with Crippen molar-refractivity contribution in [2.45, 2.75) is 25.8 Å². The fourth-order valence-corrected chi connectivity index (χ4v) is 2.46. The summed E-state index contributed by atoms with van der Waals surface area (Å²) in [5, 5.41) is 9.83. The normalized spacial score (nSPS) is 15.9. The van der Waals surface area contributed by atoms with Crippen molar-refractivity contribution in [1.82, 2.24) is 4.90 Å². The van der Waals surface area contributed by atoms with E-state index < -0.39 is 11.9 Å². The van der Waals surface area contributed by atoms with Gasteiger partial charge in [-0.15, -0.1) is 0 Å². The Morgan fingerprint density at radius 3 is 2.76 bits per heavy atom. The lowest BCUT2D eigenvalue weighted by atomic mass is 10.1. The maximum atomic E-state index is 12.7. The van der Waals surface area contributed by atoms with Gasteiger partial charge in [0, 0.05) is 18.0 Å². The first-order valence-electron chi connectivity index (χ1n) is 7.08. The number of fused-ring (bicyclic) bond motifs is 1. The van der Waals surface area contributed by atoms with E-state index in [-0.39, 0.29) is 18.5 Å². The number of rotatable bonds is 5. The van der Waals surface area contributed by atoms with E-state index in [2.05, 4.69) is 0 Å². The molecule has 110 valence electrons. The van der Waals surface area contributed by atoms with Crippen LogP contribution in [0.5, 0.6) is 0 Å². The molecule has 1 aliphatic carbocycles. The molecule has 1 aliphatic rings. The monoisotopic (exact) mass is 287 g/mol. The van der Waals surface area contributed by atoms with E-state index in [0.29, 0.717) is 11.1 Å². The van der Waals surface area contributed by atoms with Gasteiger partial charge in [-0.3, -0.25) is 9.59 Å². The third kappa shape index (κ3) is 2.63. The van der Waals surface area contributed by atoms with Crippen LogP contribution in [0.15, 0.2) is 34.9 Å². The van der Waals surface area contributed by atoms with Crippen LogP contribution in [0.3, 0.4) is 0 Å². The van der Waals surface area contributed by atoms with Crippen molar-refractivity contribution in [2.75, 3.05) is 6.54 Å². The summed E-state index contributed by atoms with van der Waals surface area (Å²) in [6.45, 7) is 1.86. The largest absolute Gasteiger partial charge is 0.481 e. The molecule has 1 aromatic heterocycles. The molecule has 5 heteroatoms. The summed E-state index contributed by atoms with van der Waals surface area (Å²) in [6, 6.07) is 7.53. The Morgan fingerprint density at radius 1 is 1.38 bits per heavy atom. The second-order valence-electron chi connectivity index (χ2n) is 5.57. The number of hydrogen-bond acceptors (Lipinski definition) is 3. The molecule has 1 fully saturated rings. The smallest absolute Gasteiger partial charge is 0.308 e. The summed E-state index contributed by atoms with van der Waals surface area (Å²) in [7, 11) is 0. The van der Waals surface area contributed by atoms with Crippen LogP contribution in [0.1, 0.15) is 30.1 Å². The summed E-state index contributed by atoms with van der Waals surface area (Å²) < 4.78 is 5.41. The van der Waals surface area contributed by atoms with Crippen LogP contribution < -0.4 is 0 Å². The third-order valence-electron chi connectivity index (χ3n) is 3.85. The second kappa shape index (κ2) is 5.24. The molecular weight excluding hydrogens is 270 g/mol. The maximum absolute atomic E-state index is 12.7. The zero-order valence-electron chi connectivity index (χ0n) is 11.8. The number of carbonyl (C=O) groups excluding carboxylic acids is 1. The molecule has 0 radical (unpaired) electrons. The van der Waals surface area contributed by atoms with E-state index in [1.807, 2.05) is 24.3 Å². The third-order valence-corrected chi connectivity index (χ3v) is 3.85. The highest BCUT2D eigenvalue weighted by Gasteiger charge is 2.35. The Kier molecular flexibility index (Phi) is 3.41. The van der Waals surface area contributed by atoms with E-state index in [0.717, 1.165) is 18.2 Å². The van der Waals surface area contributed by atoms with Crippen molar-refractivity contribution >= 4 is 22.8 Å². The highest BCUT2D eigenvalue weighted by atomic mass is 16.4. The molecule has 5 nitrogen and oxygen atoms in total. The number of hydrogen-bond donors (Lipinski definition) is 1. The lowest BCUT2D eigenvalue weighted by Crippen LogP contribution is -2.38. The first-order chi connectivity index (χ1) is 10.1. The van der Waals surface area contributed by atoms with Crippen LogP contribution in [0, 0.1) is 5.92 Å². The van der Waals surface area contributed by atoms with Crippen molar-refractivity contribution in [2.24, 2.45) is 5.92 Å². The van der Waals surface area contributed by atoms with Crippen molar-refractivity contribution in [3.8, 4) is 0 Å². The van der Waals surface area contributed by atoms with Crippen molar-refractivity contribution in [1.29, 1.82) is 0 Å². The van der Waals surface area contributed by atoms with Gasteiger partial charge in [0.1, 0.15) is 11.8 Å². The second-order valence-corrected chi connectivity index (χ2v) is 5.57. The van der Waals surface area contributed by atoms with E-state index in [4.69, 9.17) is 9.52 Å². The maximum Gasteiger partial charge on any atom is 0.308 e. The van der Waals surface area contributed by atoms with Crippen LogP contribution in [-0.2, 0) is 4.79 Å². The molecule has 1 N–H and O–H groups in total. The minimum Gasteiger partial charge on any atom is -0.481 e. The molecule has 0 spiro atoms. The van der Waals surface area contributed by atoms with E-state index >= 15 is 0 Å². The Bertz CT molecular complexity index is 686. The van der Waals surface area contributed by atoms with Crippen LogP contribution in [-0.4, -0.2) is 34.5 Å². The fraction of sp³-hybridized carbons (Fsp3) is 0.375. The number of benzene rings is 1. The molecule has 3 rings (SSSR count). The molecule has 2 aromatic rings. The number of amides is 1. The van der Waals surface area contributed by atoms with Gasteiger partial charge in [-0.1, -0.05) is 25.1 Å². The molecule has 21 heavy (non-hydrogen) atoms. The number of furan rings is 1. The quantitative estimate of drug-likeness (QED) is 0.918. The zero-order chi connectivity index (χ0) is 15.0. The van der Waals surface area contributed by atoms with Crippen molar-refractivity contribution < 1.29 is 19.1 Å². The van der Waals surface area contributed by atoms with E-state index in [9.17, 15) is 9.59 Å². The van der Waals surface area contributed by atoms with Crippen molar-refractivity contribution in [3.05, 3.63) is 36.1 Å². The average molecular weight is 287 g/mol. The summed E-state index contributed by atoms with van der Waals surface area (Å²) in [5.74, 6) is -1.60. The van der Waals surface area contributed by atoms with Crippen LogP contribution in [0.25, 0.3) is 11.0 Å². The Balaban J connectivity index is 1.89. The van der Waals surface area contributed by atoms with Crippen LogP contribution in [0.2, 0.25) is 0 Å². The lowest BCUT2D eigenvalue weighted by molar-refractivity contribution is -0.141. The Morgan fingerprint density at radius 2 is 2.10 bits per heavy atom. The summed E-state index contributed by atoms with van der Waals surface area (Å²) in [4.78, 5) is 25.5. The number of aliphatic carboxylic acids is 1. The molecule has 0 aliphatic heterocycles. The standard InChI is InChI=1S/C16H17NO4/c1-10(16(19)20)8-17(11-6-7-11)15(18)13-9-21-14-5-3-2-4-12(13)14/h2-5,9-11H,6-8H2,1H3,(H,19,20). The van der Waals surface area contributed by atoms with E-state index in [1.54, 1.807) is 11.8 Å². The molecule has 1 unspecified atom stereocenters. The SMILES string of the molecule is CC(CN(C(=O)c1coc2ccccc12)C1CC1)C(=O)O. The van der Waals surface area contributed by atoms with Gasteiger partial charge in [-0.05, 0) is 18.9 Å². The Labute approximate surface area is 122 Å². The first-order valence-corrected chi connectivity index (χ1v) is 7.08. The molecule has 0 saturated heterocycles. The predicted molar refractivity (Wildman–Crippen MR) is 77.1 cm³/mol. The molecular formula is C16H17NO4. The minimum absolute atomic E-state index is 0.143. The summed E-state index contributed by atoms with van der Waals surface area (Å²) in [6.07, 6.45) is 3.34. The topological polar surface area (TPSA) is 70.8 Å². The number of carbonyl (C=O) groups is 2. The van der Waals surface area contributed by atoms with Gasteiger partial charge in [0.05, 0.1) is 11.5 Å². The highest BCUT2D eigenvalue weighted by Crippen LogP contribution is 2.31. The lowest BCUT2D eigenvalue weighted by Gasteiger charge is -2.24. The van der Waals surface area contributed by atoms with Gasteiger partial charge in [-0.2, -0.15) is 0 Å². The molecule has 1 atom stereocenters. The van der Waals surface area contributed by atoms with Gasteiger partial charge in [0.25, 0.3) is 5.91 Å². The molecule has 1 amide bonds. The number of para-hydroxylation sites is 1. The van der Waals surface area contributed by atoms with Crippen LogP contribution >= 0.6 is 0 Å². The minimum atomic E-state index is -0.884. The Hall–Kier alpha value is -2.30. The summed E-state index contributed by atoms with van der Waals surface area (Å²) >= 11 is 0. The van der Waals surface area contributed by atoms with E-state index in [1.165, 1.54) is 6.26 Å². The van der Waals surface area contributed by atoms with Gasteiger partial charge < -0.3 is 14.4 Å². The van der Waals surface area contributed by atoms with Gasteiger partial charge in [0.2, 0.25) is 0 Å². The number of carboxylic acids is 1. The van der Waals surface area contributed by atoms with Gasteiger partial charge >= 0.3 is 5.97 Å². The zero-order valence-corrected chi connectivity index (χ0v) is 11.8. The first kappa shape index (κ1) is 13.7. The number of carboxylic acid groups (broad SMARTS) is 1. The number of nitrogens with zero attached hydrogens (tertiary/aromatic N) is 1. The predicted octanol–water partition coefficient (Wildman–Crippen LogP) is 2.76. The van der Waals surface area contributed by atoms with Crippen molar-refractivity contribution in [3.63, 3.8) is 0 Å². The van der Waals surface area contributed by atoms with Gasteiger partial charge in [0.15, 0.2) is 0 Å².